The number of benzene rings is 1. The van der Waals surface area contributed by atoms with Crippen molar-refractivity contribution in [3.8, 4) is 5.75 Å². The lowest BCUT2D eigenvalue weighted by Crippen LogP contribution is -2.65. The summed E-state index contributed by atoms with van der Waals surface area (Å²) in [4.78, 5) is 22.7. The van der Waals surface area contributed by atoms with Gasteiger partial charge in [-0.25, -0.2) is 0 Å². The molecule has 0 saturated carbocycles. The van der Waals surface area contributed by atoms with Crippen LogP contribution in [0.4, 0.5) is 5.69 Å². The van der Waals surface area contributed by atoms with E-state index in [1.165, 1.54) is 13.8 Å². The van der Waals surface area contributed by atoms with E-state index in [-0.39, 0.29) is 11.7 Å². The van der Waals surface area contributed by atoms with Gasteiger partial charge in [0.05, 0.1) is 12.3 Å². The number of rotatable bonds is 5. The van der Waals surface area contributed by atoms with Gasteiger partial charge in [-0.1, -0.05) is 12.1 Å². The van der Waals surface area contributed by atoms with E-state index in [2.05, 4.69) is 10.6 Å². The fraction of sp³-hybridized carbons (Fsp3) is 0.500. The van der Waals surface area contributed by atoms with Crippen LogP contribution in [0.5, 0.6) is 5.75 Å². The van der Waals surface area contributed by atoms with Crippen LogP contribution in [0.3, 0.4) is 0 Å². The van der Waals surface area contributed by atoms with Gasteiger partial charge in [0.15, 0.2) is 0 Å². The predicted molar refractivity (Wildman–Crippen MR) is 86.7 cm³/mol. The molecule has 1 aliphatic rings. The molecule has 0 spiro atoms. The summed E-state index contributed by atoms with van der Waals surface area (Å²) in [5.74, 6) is -0.507. The van der Waals surface area contributed by atoms with Gasteiger partial charge in [-0.05, 0) is 12.1 Å². The van der Waals surface area contributed by atoms with Crippen LogP contribution in [0, 0.1) is 0 Å². The molecule has 2 amide bonds. The minimum absolute atomic E-state index is 0.248. The highest BCUT2D eigenvalue weighted by Gasteiger charge is 2.46. The van der Waals surface area contributed by atoms with Crippen molar-refractivity contribution in [1.29, 1.82) is 0 Å². The number of carbonyl (C=O) groups excluding carboxylic acids is 2. The monoisotopic (exact) mass is 354 g/mol. The lowest BCUT2D eigenvalue weighted by Gasteiger charge is -2.42. The van der Waals surface area contributed by atoms with Gasteiger partial charge in [0.25, 0.3) is 0 Å². The number of ether oxygens (including phenoxy) is 2. The molecule has 9 heteroatoms. The van der Waals surface area contributed by atoms with Gasteiger partial charge in [-0.3, -0.25) is 9.59 Å². The Morgan fingerprint density at radius 1 is 1.16 bits per heavy atom. The first-order valence-electron chi connectivity index (χ1n) is 7.76. The maximum atomic E-state index is 11.4. The maximum absolute atomic E-state index is 11.4. The quantitative estimate of drug-likeness (QED) is 0.456. The zero-order chi connectivity index (χ0) is 18.6. The molecule has 5 N–H and O–H groups in total. The van der Waals surface area contributed by atoms with Crippen molar-refractivity contribution in [3.63, 3.8) is 0 Å². The first kappa shape index (κ1) is 19.1. The van der Waals surface area contributed by atoms with Crippen molar-refractivity contribution in [3.05, 3.63) is 24.3 Å². The third-order valence-electron chi connectivity index (χ3n) is 3.69. The van der Waals surface area contributed by atoms with Crippen LogP contribution >= 0.6 is 0 Å². The Bertz CT molecular complexity index is 624. The average molecular weight is 354 g/mol. The summed E-state index contributed by atoms with van der Waals surface area (Å²) in [6, 6.07) is 5.49. The van der Waals surface area contributed by atoms with Gasteiger partial charge in [0.2, 0.25) is 18.1 Å². The van der Waals surface area contributed by atoms with Crippen molar-refractivity contribution in [2.75, 3.05) is 11.9 Å². The van der Waals surface area contributed by atoms with Crippen LogP contribution in [0.1, 0.15) is 13.8 Å². The third kappa shape index (κ3) is 4.67. The Balaban J connectivity index is 2.27. The molecule has 1 fully saturated rings. The SMILES string of the molecule is CC(=O)Nc1ccccc1O[C@@H]1O[C@H](CO)[C@H](O)[C@H](O)[C@H]1NC(C)=O. The number of nitrogens with one attached hydrogen (secondary N) is 2. The van der Waals surface area contributed by atoms with Gasteiger partial charge in [0, 0.05) is 13.8 Å². The first-order chi connectivity index (χ1) is 11.8. The van der Waals surface area contributed by atoms with E-state index in [0.717, 1.165) is 0 Å². The Labute approximate surface area is 144 Å². The zero-order valence-corrected chi connectivity index (χ0v) is 13.9. The standard InChI is InChI=1S/C16H22N2O7/c1-8(20)17-10-5-3-4-6-11(10)24-16-13(18-9(2)21)15(23)14(22)12(7-19)25-16/h3-6,12-16,19,22-23H,7H2,1-2H3,(H,17,20)(H,18,21)/t12-,13-,14+,15-,16-/m1/s1. The Morgan fingerprint density at radius 2 is 1.84 bits per heavy atom. The molecule has 9 nitrogen and oxygen atoms in total. The van der Waals surface area contributed by atoms with Gasteiger partial charge in [-0.2, -0.15) is 0 Å². The minimum Gasteiger partial charge on any atom is -0.460 e. The van der Waals surface area contributed by atoms with Gasteiger partial charge < -0.3 is 35.4 Å². The molecule has 1 saturated heterocycles. The molecule has 5 atom stereocenters. The highest BCUT2D eigenvalue weighted by atomic mass is 16.7. The average Bonchev–Trinajstić information content (AvgIpc) is 2.55. The van der Waals surface area contributed by atoms with Crippen LogP contribution < -0.4 is 15.4 Å². The topological polar surface area (TPSA) is 137 Å². The first-order valence-corrected chi connectivity index (χ1v) is 7.76. The van der Waals surface area contributed by atoms with E-state index in [4.69, 9.17) is 9.47 Å². The van der Waals surface area contributed by atoms with E-state index in [0.29, 0.717) is 5.69 Å². The molecule has 0 unspecified atom stereocenters. The lowest BCUT2D eigenvalue weighted by molar-refractivity contribution is -0.244. The van der Waals surface area contributed by atoms with Crippen molar-refractivity contribution in [2.24, 2.45) is 0 Å². The van der Waals surface area contributed by atoms with Crippen molar-refractivity contribution in [2.45, 2.75) is 44.5 Å². The van der Waals surface area contributed by atoms with Crippen molar-refractivity contribution >= 4 is 17.5 Å². The summed E-state index contributed by atoms with van der Waals surface area (Å²) >= 11 is 0. The molecular formula is C16H22N2O7. The predicted octanol–water partition coefficient (Wildman–Crippen LogP) is -1.03. The fourth-order valence-electron chi connectivity index (χ4n) is 2.56. The molecule has 1 aromatic rings. The van der Waals surface area contributed by atoms with Crippen LogP contribution in [0.25, 0.3) is 0 Å². The number of amides is 2. The highest BCUT2D eigenvalue weighted by molar-refractivity contribution is 5.90. The van der Waals surface area contributed by atoms with E-state index < -0.39 is 43.2 Å². The van der Waals surface area contributed by atoms with Crippen molar-refractivity contribution < 1.29 is 34.4 Å². The van der Waals surface area contributed by atoms with E-state index in [9.17, 15) is 24.9 Å². The van der Waals surface area contributed by atoms with Crippen molar-refractivity contribution in [1.82, 2.24) is 5.32 Å². The van der Waals surface area contributed by atoms with E-state index in [1.54, 1.807) is 24.3 Å². The molecular weight excluding hydrogens is 332 g/mol. The van der Waals surface area contributed by atoms with Crippen LogP contribution in [-0.2, 0) is 14.3 Å². The van der Waals surface area contributed by atoms with E-state index in [1.807, 2.05) is 0 Å². The number of anilines is 1. The molecule has 0 aromatic heterocycles. The normalized spacial score (nSPS) is 28.9. The third-order valence-corrected chi connectivity index (χ3v) is 3.69. The van der Waals surface area contributed by atoms with Crippen LogP contribution in [-0.4, -0.2) is 64.4 Å². The largest absolute Gasteiger partial charge is 0.460 e. The van der Waals surface area contributed by atoms with E-state index >= 15 is 0 Å². The molecule has 0 aliphatic carbocycles. The number of hydrogen-bond donors (Lipinski definition) is 5. The number of aliphatic hydroxyl groups excluding tert-OH is 3. The second kappa shape index (κ2) is 8.26. The number of hydrogen-bond acceptors (Lipinski definition) is 7. The minimum atomic E-state index is -1.41. The van der Waals surface area contributed by atoms with Crippen LogP contribution in [0.2, 0.25) is 0 Å². The number of para-hydroxylation sites is 2. The zero-order valence-electron chi connectivity index (χ0n) is 13.9. The van der Waals surface area contributed by atoms with Gasteiger partial charge >= 0.3 is 0 Å². The summed E-state index contributed by atoms with van der Waals surface area (Å²) in [7, 11) is 0. The van der Waals surface area contributed by atoms with Crippen LogP contribution in [0.15, 0.2) is 24.3 Å². The Hall–Kier alpha value is -2.20. The summed E-state index contributed by atoms with van der Waals surface area (Å²) < 4.78 is 11.2. The molecule has 25 heavy (non-hydrogen) atoms. The second-order valence-electron chi connectivity index (χ2n) is 5.73. The molecule has 1 aromatic carbocycles. The number of aliphatic hydroxyl groups is 3. The summed E-state index contributed by atoms with van der Waals surface area (Å²) in [6.45, 7) is 2.05. The highest BCUT2D eigenvalue weighted by Crippen LogP contribution is 2.29. The molecule has 2 rings (SSSR count). The van der Waals surface area contributed by atoms with Gasteiger partial charge in [0.1, 0.15) is 30.1 Å². The molecule has 0 radical (unpaired) electrons. The summed E-state index contributed by atoms with van der Waals surface area (Å²) in [5.41, 5.74) is 0.376. The molecule has 0 bridgehead atoms. The Kier molecular flexibility index (Phi) is 6.32. The summed E-state index contributed by atoms with van der Waals surface area (Å²) in [6.07, 6.45) is -5.08. The Morgan fingerprint density at radius 3 is 2.44 bits per heavy atom. The molecule has 1 aliphatic heterocycles. The lowest BCUT2D eigenvalue weighted by atomic mass is 9.97. The maximum Gasteiger partial charge on any atom is 0.223 e. The molecule has 138 valence electrons. The molecule has 1 heterocycles. The smallest absolute Gasteiger partial charge is 0.223 e. The summed E-state index contributed by atoms with van der Waals surface area (Å²) in [5, 5.41) is 34.6. The fourth-order valence-corrected chi connectivity index (χ4v) is 2.56. The van der Waals surface area contributed by atoms with Gasteiger partial charge in [-0.15, -0.1) is 0 Å². The number of carbonyl (C=O) groups is 2. The second-order valence-corrected chi connectivity index (χ2v) is 5.73.